The molecule has 1 N–H and O–H groups in total. The Hall–Kier alpha value is -0.480. The molecule has 0 aromatic carbocycles. The van der Waals surface area contributed by atoms with E-state index in [1.165, 1.54) is 24.4 Å². The molecule has 13 heavy (non-hydrogen) atoms. The first kappa shape index (κ1) is 9.09. The second kappa shape index (κ2) is 3.35. The highest BCUT2D eigenvalue weighted by Crippen LogP contribution is 2.39. The molecule has 3 nitrogen and oxygen atoms in total. The summed E-state index contributed by atoms with van der Waals surface area (Å²) in [7, 11) is 0. The van der Waals surface area contributed by atoms with Crippen LogP contribution in [0.1, 0.15) is 49.4 Å². The van der Waals surface area contributed by atoms with Gasteiger partial charge in [-0.15, -0.1) is 0 Å². The Labute approximate surface area is 82.0 Å². The third-order valence-corrected chi connectivity index (χ3v) is 3.44. The maximum absolute atomic E-state index is 9.38. The summed E-state index contributed by atoms with van der Waals surface area (Å²) in [6.07, 6.45) is 2.14. The Balaban J connectivity index is 2.11. The molecule has 0 spiro atoms. The molecular weight excluding hydrogens is 184 g/mol. The van der Waals surface area contributed by atoms with Gasteiger partial charge in [-0.2, -0.15) is 4.37 Å². The molecule has 0 bridgehead atoms. The Bertz CT molecular complexity index is 294. The average molecular weight is 198 g/mol. The Morgan fingerprint density at radius 2 is 2.15 bits per heavy atom. The zero-order valence-corrected chi connectivity index (χ0v) is 8.71. The molecule has 1 aromatic heterocycles. The quantitative estimate of drug-likeness (QED) is 0.806. The van der Waals surface area contributed by atoms with Gasteiger partial charge in [-0.3, -0.25) is 0 Å². The van der Waals surface area contributed by atoms with E-state index in [2.05, 4.69) is 9.36 Å². The van der Waals surface area contributed by atoms with Crippen molar-refractivity contribution < 1.29 is 5.11 Å². The normalized spacial score (nSPS) is 21.5. The van der Waals surface area contributed by atoms with Gasteiger partial charge in [0.05, 0.1) is 6.10 Å². The summed E-state index contributed by atoms with van der Waals surface area (Å²) >= 11 is 1.43. The van der Waals surface area contributed by atoms with E-state index in [0.29, 0.717) is 5.92 Å². The van der Waals surface area contributed by atoms with E-state index in [1.807, 2.05) is 6.92 Å². The van der Waals surface area contributed by atoms with E-state index in [4.69, 9.17) is 0 Å². The van der Waals surface area contributed by atoms with Gasteiger partial charge >= 0.3 is 0 Å². The molecule has 0 aliphatic heterocycles. The van der Waals surface area contributed by atoms with Crippen LogP contribution in [0.5, 0.6) is 0 Å². The molecule has 2 atom stereocenters. The summed E-state index contributed by atoms with van der Waals surface area (Å²) in [5.41, 5.74) is 0. The number of hydrogen-bond acceptors (Lipinski definition) is 4. The number of aliphatic hydroxyl groups is 1. The molecule has 4 heteroatoms. The average Bonchev–Trinajstić information content (AvgIpc) is 2.83. The highest BCUT2D eigenvalue weighted by atomic mass is 32.1. The number of aromatic nitrogens is 2. The Morgan fingerprint density at radius 3 is 2.69 bits per heavy atom. The maximum atomic E-state index is 9.38. The number of hydrogen-bond donors (Lipinski definition) is 1. The first-order valence-electron chi connectivity index (χ1n) is 4.70. The van der Waals surface area contributed by atoms with E-state index in [1.54, 1.807) is 6.92 Å². The second-order valence-electron chi connectivity index (χ2n) is 3.79. The number of aliphatic hydroxyl groups excluding tert-OH is 1. The number of rotatable bonds is 3. The van der Waals surface area contributed by atoms with Crippen molar-refractivity contribution in [3.05, 3.63) is 10.8 Å². The van der Waals surface area contributed by atoms with Crippen molar-refractivity contribution >= 4 is 11.5 Å². The van der Waals surface area contributed by atoms with Crippen molar-refractivity contribution in [2.45, 2.75) is 44.6 Å². The largest absolute Gasteiger partial charge is 0.393 e. The van der Waals surface area contributed by atoms with E-state index >= 15 is 0 Å². The van der Waals surface area contributed by atoms with Crippen molar-refractivity contribution in [3.63, 3.8) is 0 Å². The van der Waals surface area contributed by atoms with Gasteiger partial charge in [0.2, 0.25) is 0 Å². The molecule has 2 unspecified atom stereocenters. The molecule has 1 heterocycles. The molecule has 2 rings (SSSR count). The van der Waals surface area contributed by atoms with Gasteiger partial charge in [0.15, 0.2) is 0 Å². The lowest BCUT2D eigenvalue weighted by molar-refractivity contribution is 0.169. The van der Waals surface area contributed by atoms with E-state index in [9.17, 15) is 5.11 Å². The summed E-state index contributed by atoms with van der Waals surface area (Å²) in [6, 6.07) is 0. The van der Waals surface area contributed by atoms with Gasteiger partial charge in [-0.1, -0.05) is 6.92 Å². The topological polar surface area (TPSA) is 46.0 Å². The first-order chi connectivity index (χ1) is 6.18. The SMILES string of the molecule is CC(O)C(C)c1nc(C2CC2)ns1. The van der Waals surface area contributed by atoms with E-state index < -0.39 is 0 Å². The zero-order chi connectivity index (χ0) is 9.42. The van der Waals surface area contributed by atoms with Crippen molar-refractivity contribution in [1.82, 2.24) is 9.36 Å². The summed E-state index contributed by atoms with van der Waals surface area (Å²) in [5, 5.41) is 10.3. The molecule has 0 amide bonds. The predicted octanol–water partition coefficient (Wildman–Crippen LogP) is 1.90. The summed E-state index contributed by atoms with van der Waals surface area (Å²) in [4.78, 5) is 4.44. The van der Waals surface area contributed by atoms with Crippen LogP contribution in [0.15, 0.2) is 0 Å². The van der Waals surface area contributed by atoms with Crippen LogP contribution in [0.25, 0.3) is 0 Å². The Morgan fingerprint density at radius 1 is 1.46 bits per heavy atom. The third kappa shape index (κ3) is 1.89. The van der Waals surface area contributed by atoms with Gasteiger partial charge in [-0.05, 0) is 31.3 Å². The summed E-state index contributed by atoms with van der Waals surface area (Å²) in [5.74, 6) is 1.73. The van der Waals surface area contributed by atoms with Crippen LogP contribution in [-0.2, 0) is 0 Å². The fourth-order valence-corrected chi connectivity index (χ4v) is 2.02. The lowest BCUT2D eigenvalue weighted by Crippen LogP contribution is -2.10. The lowest BCUT2D eigenvalue weighted by Gasteiger charge is -2.09. The Kier molecular flexibility index (Phi) is 2.34. The highest BCUT2D eigenvalue weighted by Gasteiger charge is 2.28. The fraction of sp³-hybridized carbons (Fsp3) is 0.778. The number of nitrogens with zero attached hydrogens (tertiary/aromatic N) is 2. The lowest BCUT2D eigenvalue weighted by atomic mass is 10.1. The minimum absolute atomic E-state index is 0.116. The van der Waals surface area contributed by atoms with Crippen LogP contribution < -0.4 is 0 Å². The van der Waals surface area contributed by atoms with Crippen LogP contribution in [0.3, 0.4) is 0 Å². The standard InChI is InChI=1S/C9H14N2OS/c1-5(6(2)12)9-10-8(11-13-9)7-3-4-7/h5-7,12H,3-4H2,1-2H3. The van der Waals surface area contributed by atoms with Crippen LogP contribution in [0, 0.1) is 0 Å². The monoisotopic (exact) mass is 198 g/mol. The highest BCUT2D eigenvalue weighted by molar-refractivity contribution is 7.05. The maximum Gasteiger partial charge on any atom is 0.145 e. The van der Waals surface area contributed by atoms with E-state index in [0.717, 1.165) is 10.8 Å². The van der Waals surface area contributed by atoms with Gasteiger partial charge in [0, 0.05) is 11.8 Å². The fourth-order valence-electron chi connectivity index (χ4n) is 1.15. The molecular formula is C9H14N2OS. The van der Waals surface area contributed by atoms with Crippen molar-refractivity contribution in [3.8, 4) is 0 Å². The minimum atomic E-state index is -0.333. The molecule has 1 aliphatic rings. The van der Waals surface area contributed by atoms with Crippen LogP contribution in [0.2, 0.25) is 0 Å². The molecule has 1 saturated carbocycles. The van der Waals surface area contributed by atoms with Crippen molar-refractivity contribution in [2.24, 2.45) is 0 Å². The predicted molar refractivity (Wildman–Crippen MR) is 52.0 cm³/mol. The molecule has 1 aliphatic carbocycles. The van der Waals surface area contributed by atoms with Crippen LogP contribution >= 0.6 is 11.5 Å². The molecule has 1 aromatic rings. The van der Waals surface area contributed by atoms with Crippen molar-refractivity contribution in [1.29, 1.82) is 0 Å². The second-order valence-corrected chi connectivity index (χ2v) is 4.58. The smallest absolute Gasteiger partial charge is 0.145 e. The van der Waals surface area contributed by atoms with Gasteiger partial charge < -0.3 is 5.11 Å². The van der Waals surface area contributed by atoms with Gasteiger partial charge in [-0.25, -0.2) is 4.98 Å². The minimum Gasteiger partial charge on any atom is -0.393 e. The van der Waals surface area contributed by atoms with Crippen LogP contribution in [0.4, 0.5) is 0 Å². The van der Waals surface area contributed by atoms with Gasteiger partial charge in [0.1, 0.15) is 10.8 Å². The van der Waals surface area contributed by atoms with Gasteiger partial charge in [0.25, 0.3) is 0 Å². The molecule has 1 fully saturated rings. The molecule has 0 saturated heterocycles. The van der Waals surface area contributed by atoms with Crippen LogP contribution in [-0.4, -0.2) is 20.6 Å². The van der Waals surface area contributed by atoms with E-state index in [-0.39, 0.29) is 12.0 Å². The molecule has 72 valence electrons. The summed E-state index contributed by atoms with van der Waals surface area (Å²) in [6.45, 7) is 3.78. The van der Waals surface area contributed by atoms with Crippen molar-refractivity contribution in [2.75, 3.05) is 0 Å². The zero-order valence-electron chi connectivity index (χ0n) is 7.90. The molecule has 0 radical (unpaired) electrons. The third-order valence-electron chi connectivity index (χ3n) is 2.51. The summed E-state index contributed by atoms with van der Waals surface area (Å²) < 4.78 is 4.30. The first-order valence-corrected chi connectivity index (χ1v) is 5.47.